The van der Waals surface area contributed by atoms with Crippen LogP contribution in [0.25, 0.3) is 0 Å². The second-order valence-electron chi connectivity index (χ2n) is 3.66. The molecule has 1 aliphatic heterocycles. The lowest BCUT2D eigenvalue weighted by atomic mass is 10.2. The zero-order chi connectivity index (χ0) is 9.14. The fourth-order valence-electron chi connectivity index (χ4n) is 1.65. The third-order valence-electron chi connectivity index (χ3n) is 2.36. The minimum atomic E-state index is 0.130. The van der Waals surface area contributed by atoms with Crippen molar-refractivity contribution < 1.29 is 4.79 Å². The molecule has 1 amide bonds. The van der Waals surface area contributed by atoms with Gasteiger partial charge in [-0.25, -0.2) is 0 Å². The first kappa shape index (κ1) is 9.90. The molecular weight excluding hydrogens is 170 g/mol. The van der Waals surface area contributed by atoms with Crippen LogP contribution in [0.15, 0.2) is 0 Å². The summed E-state index contributed by atoms with van der Waals surface area (Å²) < 4.78 is 0. The molecule has 1 fully saturated rings. The number of nitrogens with zero attached hydrogens (tertiary/aromatic N) is 1. The Morgan fingerprint density at radius 3 is 2.83 bits per heavy atom. The van der Waals surface area contributed by atoms with E-state index in [0.29, 0.717) is 6.04 Å². The molecule has 0 aromatic heterocycles. The second-order valence-corrected chi connectivity index (χ2v) is 4.03. The second kappa shape index (κ2) is 4.17. The molecule has 0 radical (unpaired) electrons. The van der Waals surface area contributed by atoms with Crippen molar-refractivity contribution in [1.29, 1.82) is 0 Å². The zero-order valence-electron chi connectivity index (χ0n) is 7.79. The van der Waals surface area contributed by atoms with E-state index in [1.54, 1.807) is 0 Å². The van der Waals surface area contributed by atoms with Gasteiger partial charge >= 0.3 is 0 Å². The molecule has 0 aliphatic carbocycles. The number of thiol groups is 1. The van der Waals surface area contributed by atoms with Crippen LogP contribution in [0.2, 0.25) is 0 Å². The summed E-state index contributed by atoms with van der Waals surface area (Å²) in [6.07, 6.45) is 2.27. The fraction of sp³-hybridized carbons (Fsp3) is 0.889. The Balaban J connectivity index is 2.55. The Morgan fingerprint density at radius 1 is 1.67 bits per heavy atom. The summed E-state index contributed by atoms with van der Waals surface area (Å²) >= 11 is 4.24. The highest BCUT2D eigenvalue weighted by molar-refractivity contribution is 7.80. The normalized spacial score (nSPS) is 23.7. The summed E-state index contributed by atoms with van der Waals surface area (Å²) in [5.74, 6) is 1.22. The number of hydrogen-bond acceptors (Lipinski definition) is 2. The SMILES string of the molecule is CC(C)C(=O)N1CCC[C@@H]1CS. The molecule has 1 aliphatic rings. The summed E-state index contributed by atoms with van der Waals surface area (Å²) in [4.78, 5) is 13.6. The maximum absolute atomic E-state index is 11.6. The van der Waals surface area contributed by atoms with E-state index in [-0.39, 0.29) is 11.8 Å². The van der Waals surface area contributed by atoms with Crippen LogP contribution in [0.3, 0.4) is 0 Å². The van der Waals surface area contributed by atoms with Gasteiger partial charge in [-0.3, -0.25) is 4.79 Å². The van der Waals surface area contributed by atoms with Gasteiger partial charge < -0.3 is 4.90 Å². The van der Waals surface area contributed by atoms with Crippen LogP contribution in [0.4, 0.5) is 0 Å². The lowest BCUT2D eigenvalue weighted by Crippen LogP contribution is -2.39. The van der Waals surface area contributed by atoms with Crippen molar-refractivity contribution in [1.82, 2.24) is 4.90 Å². The molecular formula is C9H17NOS. The summed E-state index contributed by atoms with van der Waals surface area (Å²) in [5, 5.41) is 0. The molecule has 1 atom stereocenters. The first-order valence-electron chi connectivity index (χ1n) is 4.58. The number of rotatable bonds is 2. The number of amides is 1. The van der Waals surface area contributed by atoms with Gasteiger partial charge in [0.15, 0.2) is 0 Å². The molecule has 12 heavy (non-hydrogen) atoms. The number of carbonyl (C=O) groups excluding carboxylic acids is 1. The quantitative estimate of drug-likeness (QED) is 0.651. The molecule has 2 nitrogen and oxygen atoms in total. The van der Waals surface area contributed by atoms with E-state index in [4.69, 9.17) is 0 Å². The minimum absolute atomic E-state index is 0.130. The van der Waals surface area contributed by atoms with Crippen molar-refractivity contribution in [2.45, 2.75) is 32.7 Å². The van der Waals surface area contributed by atoms with Crippen molar-refractivity contribution in [2.75, 3.05) is 12.3 Å². The molecule has 0 N–H and O–H groups in total. The van der Waals surface area contributed by atoms with Gasteiger partial charge in [-0.2, -0.15) is 12.6 Å². The van der Waals surface area contributed by atoms with Crippen LogP contribution in [-0.2, 0) is 4.79 Å². The van der Waals surface area contributed by atoms with E-state index in [0.717, 1.165) is 25.1 Å². The minimum Gasteiger partial charge on any atom is -0.339 e. The van der Waals surface area contributed by atoms with E-state index in [2.05, 4.69) is 12.6 Å². The molecule has 0 aromatic carbocycles. The van der Waals surface area contributed by atoms with E-state index >= 15 is 0 Å². The molecule has 0 bridgehead atoms. The van der Waals surface area contributed by atoms with Crippen LogP contribution in [-0.4, -0.2) is 29.1 Å². The largest absolute Gasteiger partial charge is 0.339 e. The van der Waals surface area contributed by atoms with E-state index in [9.17, 15) is 4.79 Å². The summed E-state index contributed by atoms with van der Waals surface area (Å²) in [6.45, 7) is 4.84. The highest BCUT2D eigenvalue weighted by atomic mass is 32.1. The van der Waals surface area contributed by atoms with Gasteiger partial charge in [-0.15, -0.1) is 0 Å². The zero-order valence-corrected chi connectivity index (χ0v) is 8.68. The molecule has 1 heterocycles. The number of hydrogen-bond donors (Lipinski definition) is 1. The van der Waals surface area contributed by atoms with Gasteiger partial charge in [0, 0.05) is 24.3 Å². The molecule has 1 rings (SSSR count). The Morgan fingerprint density at radius 2 is 2.33 bits per heavy atom. The number of likely N-dealkylation sites (tertiary alicyclic amines) is 1. The van der Waals surface area contributed by atoms with Gasteiger partial charge in [0.1, 0.15) is 0 Å². The molecule has 3 heteroatoms. The maximum atomic E-state index is 11.6. The first-order chi connectivity index (χ1) is 5.66. The predicted molar refractivity (Wildman–Crippen MR) is 53.4 cm³/mol. The third kappa shape index (κ3) is 1.94. The van der Waals surface area contributed by atoms with Gasteiger partial charge in [-0.1, -0.05) is 13.8 Å². The topological polar surface area (TPSA) is 20.3 Å². The molecule has 0 saturated carbocycles. The van der Waals surface area contributed by atoms with Crippen LogP contribution in [0.1, 0.15) is 26.7 Å². The molecule has 70 valence electrons. The lowest BCUT2D eigenvalue weighted by Gasteiger charge is -2.24. The average Bonchev–Trinajstić information content (AvgIpc) is 2.49. The van der Waals surface area contributed by atoms with E-state index in [1.807, 2.05) is 18.7 Å². The molecule has 0 spiro atoms. The van der Waals surface area contributed by atoms with Crippen LogP contribution < -0.4 is 0 Å². The summed E-state index contributed by atoms with van der Waals surface area (Å²) in [5.41, 5.74) is 0. The molecule has 0 unspecified atom stereocenters. The van der Waals surface area contributed by atoms with Crippen LogP contribution >= 0.6 is 12.6 Å². The van der Waals surface area contributed by atoms with Gasteiger partial charge in [0.05, 0.1) is 0 Å². The number of carbonyl (C=O) groups is 1. The Bertz CT molecular complexity index is 170. The highest BCUT2D eigenvalue weighted by Crippen LogP contribution is 2.20. The Kier molecular flexibility index (Phi) is 3.44. The van der Waals surface area contributed by atoms with Crippen molar-refractivity contribution in [2.24, 2.45) is 5.92 Å². The van der Waals surface area contributed by atoms with Crippen molar-refractivity contribution in [3.63, 3.8) is 0 Å². The Hall–Kier alpha value is -0.180. The van der Waals surface area contributed by atoms with Gasteiger partial charge in [-0.05, 0) is 12.8 Å². The van der Waals surface area contributed by atoms with E-state index < -0.39 is 0 Å². The maximum Gasteiger partial charge on any atom is 0.225 e. The predicted octanol–water partition coefficient (Wildman–Crippen LogP) is 1.56. The van der Waals surface area contributed by atoms with Gasteiger partial charge in [0.2, 0.25) is 5.91 Å². The third-order valence-corrected chi connectivity index (χ3v) is 2.79. The molecule has 0 aromatic rings. The Labute approximate surface area is 79.7 Å². The van der Waals surface area contributed by atoms with Crippen molar-refractivity contribution >= 4 is 18.5 Å². The van der Waals surface area contributed by atoms with Crippen LogP contribution in [0.5, 0.6) is 0 Å². The van der Waals surface area contributed by atoms with E-state index in [1.165, 1.54) is 0 Å². The smallest absolute Gasteiger partial charge is 0.225 e. The average molecular weight is 187 g/mol. The first-order valence-corrected chi connectivity index (χ1v) is 5.21. The van der Waals surface area contributed by atoms with Crippen molar-refractivity contribution in [3.05, 3.63) is 0 Å². The van der Waals surface area contributed by atoms with Crippen molar-refractivity contribution in [3.8, 4) is 0 Å². The lowest BCUT2D eigenvalue weighted by molar-refractivity contribution is -0.134. The monoisotopic (exact) mass is 187 g/mol. The fourth-order valence-corrected chi connectivity index (χ4v) is 2.03. The van der Waals surface area contributed by atoms with Gasteiger partial charge in [0.25, 0.3) is 0 Å². The molecule has 1 saturated heterocycles. The van der Waals surface area contributed by atoms with Crippen LogP contribution in [0, 0.1) is 5.92 Å². The standard InChI is InChI=1S/C9H17NOS/c1-7(2)9(11)10-5-3-4-8(10)6-12/h7-8,12H,3-6H2,1-2H3/t8-/m1/s1. The summed E-state index contributed by atoms with van der Waals surface area (Å²) in [7, 11) is 0. The summed E-state index contributed by atoms with van der Waals surface area (Å²) in [6, 6.07) is 0.392. The highest BCUT2D eigenvalue weighted by Gasteiger charge is 2.28.